The van der Waals surface area contributed by atoms with E-state index in [9.17, 15) is 22.8 Å². The molecule has 0 atom stereocenters. The zero-order valence-corrected chi connectivity index (χ0v) is 14.0. The Morgan fingerprint density at radius 1 is 1.35 bits per heavy atom. The first-order chi connectivity index (χ1) is 12.3. The van der Waals surface area contributed by atoms with E-state index in [1.54, 1.807) is 6.92 Å². The number of fused-ring (bicyclic) bond motifs is 1. The smallest absolute Gasteiger partial charge is 0.351 e. The van der Waals surface area contributed by atoms with E-state index in [4.69, 9.17) is 0 Å². The Kier molecular flexibility index (Phi) is 4.71. The van der Waals surface area contributed by atoms with Crippen LogP contribution < -0.4 is 5.32 Å². The predicted octanol–water partition coefficient (Wildman–Crippen LogP) is 2.38. The van der Waals surface area contributed by atoms with Crippen LogP contribution in [0.25, 0.3) is 0 Å². The number of alkyl halides is 3. The number of halogens is 3. The molecule has 26 heavy (non-hydrogen) atoms. The van der Waals surface area contributed by atoms with Gasteiger partial charge in [0.25, 0.3) is 11.8 Å². The average Bonchev–Trinajstić information content (AvgIpc) is 3.04. The van der Waals surface area contributed by atoms with Gasteiger partial charge < -0.3 is 10.2 Å². The second-order valence-electron chi connectivity index (χ2n) is 5.94. The SMILES string of the molecule is CCNC(=O)c1n[nH]c2c1CN(C(=O)c1cccc(C(F)(F)F)c1)CC2. The van der Waals surface area contributed by atoms with Gasteiger partial charge in [0, 0.05) is 36.3 Å². The molecule has 0 spiro atoms. The van der Waals surface area contributed by atoms with Gasteiger partial charge in [-0.05, 0) is 25.1 Å². The van der Waals surface area contributed by atoms with Crippen LogP contribution in [0.15, 0.2) is 24.3 Å². The molecule has 0 fully saturated rings. The summed E-state index contributed by atoms with van der Waals surface area (Å²) in [4.78, 5) is 26.1. The van der Waals surface area contributed by atoms with Crippen molar-refractivity contribution in [1.82, 2.24) is 20.4 Å². The summed E-state index contributed by atoms with van der Waals surface area (Å²) in [5.41, 5.74) is 0.670. The van der Waals surface area contributed by atoms with Crippen molar-refractivity contribution in [1.29, 1.82) is 0 Å². The van der Waals surface area contributed by atoms with E-state index in [1.807, 2.05) is 0 Å². The van der Waals surface area contributed by atoms with Crippen molar-refractivity contribution in [2.75, 3.05) is 13.1 Å². The molecule has 0 radical (unpaired) electrons. The lowest BCUT2D eigenvalue weighted by atomic mass is 10.0. The van der Waals surface area contributed by atoms with E-state index < -0.39 is 17.6 Å². The molecule has 1 aliphatic rings. The van der Waals surface area contributed by atoms with Crippen LogP contribution in [0.2, 0.25) is 0 Å². The molecule has 2 heterocycles. The minimum absolute atomic E-state index is 0.0358. The Morgan fingerprint density at radius 3 is 2.81 bits per heavy atom. The lowest BCUT2D eigenvalue weighted by Crippen LogP contribution is -2.37. The average molecular weight is 366 g/mol. The van der Waals surface area contributed by atoms with Crippen molar-refractivity contribution in [2.45, 2.75) is 26.1 Å². The Hall–Kier alpha value is -2.84. The lowest BCUT2D eigenvalue weighted by Gasteiger charge is -2.27. The number of hydrogen-bond acceptors (Lipinski definition) is 3. The van der Waals surface area contributed by atoms with Gasteiger partial charge in [0.2, 0.25) is 0 Å². The number of rotatable bonds is 3. The van der Waals surface area contributed by atoms with Crippen LogP contribution in [0.1, 0.15) is 44.6 Å². The summed E-state index contributed by atoms with van der Waals surface area (Å²) in [6, 6.07) is 4.34. The third-order valence-corrected chi connectivity index (χ3v) is 4.21. The molecule has 2 amide bonds. The van der Waals surface area contributed by atoms with Crippen molar-refractivity contribution >= 4 is 11.8 Å². The number of hydrogen-bond donors (Lipinski definition) is 2. The van der Waals surface area contributed by atoms with Crippen LogP contribution in [-0.4, -0.2) is 40.0 Å². The molecular formula is C17H17F3N4O2. The summed E-state index contributed by atoms with van der Waals surface area (Å²) in [6.45, 7) is 2.67. The summed E-state index contributed by atoms with van der Waals surface area (Å²) in [6.07, 6.45) is -4.06. The number of aromatic amines is 1. The van der Waals surface area contributed by atoms with Crippen LogP contribution in [0.5, 0.6) is 0 Å². The van der Waals surface area contributed by atoms with Crippen molar-refractivity contribution in [3.63, 3.8) is 0 Å². The van der Waals surface area contributed by atoms with Crippen LogP contribution in [0.3, 0.4) is 0 Å². The molecule has 0 bridgehead atoms. The van der Waals surface area contributed by atoms with Crippen LogP contribution >= 0.6 is 0 Å². The van der Waals surface area contributed by atoms with E-state index in [-0.39, 0.29) is 23.7 Å². The molecule has 6 nitrogen and oxygen atoms in total. The van der Waals surface area contributed by atoms with Gasteiger partial charge in [0.05, 0.1) is 12.1 Å². The lowest BCUT2D eigenvalue weighted by molar-refractivity contribution is -0.137. The van der Waals surface area contributed by atoms with Gasteiger partial charge >= 0.3 is 6.18 Å². The van der Waals surface area contributed by atoms with Gasteiger partial charge in [-0.1, -0.05) is 6.07 Å². The second kappa shape index (κ2) is 6.81. The van der Waals surface area contributed by atoms with Gasteiger partial charge in [-0.25, -0.2) is 0 Å². The van der Waals surface area contributed by atoms with Gasteiger partial charge in [0.1, 0.15) is 0 Å². The first-order valence-corrected chi connectivity index (χ1v) is 8.12. The van der Waals surface area contributed by atoms with Gasteiger partial charge in [-0.15, -0.1) is 0 Å². The number of amides is 2. The first-order valence-electron chi connectivity index (χ1n) is 8.12. The Balaban J connectivity index is 1.84. The van der Waals surface area contributed by atoms with E-state index in [0.717, 1.165) is 17.8 Å². The van der Waals surface area contributed by atoms with Crippen molar-refractivity contribution in [3.05, 3.63) is 52.3 Å². The zero-order valence-electron chi connectivity index (χ0n) is 14.0. The van der Waals surface area contributed by atoms with Crippen molar-refractivity contribution < 1.29 is 22.8 Å². The highest BCUT2D eigenvalue weighted by Crippen LogP contribution is 2.30. The van der Waals surface area contributed by atoms with Crippen molar-refractivity contribution in [2.24, 2.45) is 0 Å². The van der Waals surface area contributed by atoms with Gasteiger partial charge in [-0.2, -0.15) is 18.3 Å². The standard InChI is InChI=1S/C17H17F3N4O2/c1-2-21-15(25)14-12-9-24(7-6-13(12)22-23-14)16(26)10-4-3-5-11(8-10)17(18,19)20/h3-5,8H,2,6-7,9H2,1H3,(H,21,25)(H,22,23). The van der Waals surface area contributed by atoms with Gasteiger partial charge in [-0.3, -0.25) is 14.7 Å². The molecule has 2 aromatic rings. The molecule has 3 rings (SSSR count). The molecule has 9 heteroatoms. The summed E-state index contributed by atoms with van der Waals surface area (Å²) in [7, 11) is 0. The third kappa shape index (κ3) is 3.42. The second-order valence-corrected chi connectivity index (χ2v) is 5.94. The Bertz CT molecular complexity index is 845. The van der Waals surface area contributed by atoms with Crippen LogP contribution in [-0.2, 0) is 19.1 Å². The third-order valence-electron chi connectivity index (χ3n) is 4.21. The van der Waals surface area contributed by atoms with Crippen LogP contribution in [0, 0.1) is 0 Å². The molecule has 1 aromatic carbocycles. The number of carbonyl (C=O) groups is 2. The Labute approximate surface area is 147 Å². The van der Waals surface area contributed by atoms with E-state index in [2.05, 4.69) is 15.5 Å². The quantitative estimate of drug-likeness (QED) is 0.876. The molecule has 0 saturated carbocycles. The largest absolute Gasteiger partial charge is 0.416 e. The maximum absolute atomic E-state index is 12.9. The summed E-state index contributed by atoms with van der Waals surface area (Å²) in [5.74, 6) is -0.858. The first kappa shape index (κ1) is 18.0. The normalized spacial score (nSPS) is 14.1. The van der Waals surface area contributed by atoms with Crippen molar-refractivity contribution in [3.8, 4) is 0 Å². The fourth-order valence-electron chi connectivity index (χ4n) is 2.91. The minimum Gasteiger partial charge on any atom is -0.351 e. The molecule has 1 aromatic heterocycles. The predicted molar refractivity (Wildman–Crippen MR) is 86.5 cm³/mol. The highest BCUT2D eigenvalue weighted by atomic mass is 19.4. The molecule has 1 aliphatic heterocycles. The fourth-order valence-corrected chi connectivity index (χ4v) is 2.91. The molecule has 0 aliphatic carbocycles. The number of aromatic nitrogens is 2. The van der Waals surface area contributed by atoms with E-state index in [0.29, 0.717) is 25.1 Å². The van der Waals surface area contributed by atoms with E-state index in [1.165, 1.54) is 17.0 Å². The topological polar surface area (TPSA) is 78.1 Å². The maximum Gasteiger partial charge on any atom is 0.416 e. The van der Waals surface area contributed by atoms with Gasteiger partial charge in [0.15, 0.2) is 5.69 Å². The summed E-state index contributed by atoms with van der Waals surface area (Å²) < 4.78 is 38.6. The molecule has 0 saturated heterocycles. The maximum atomic E-state index is 12.9. The highest BCUT2D eigenvalue weighted by molar-refractivity contribution is 5.96. The number of nitrogens with one attached hydrogen (secondary N) is 2. The minimum atomic E-state index is -4.51. The fraction of sp³-hybridized carbons (Fsp3) is 0.353. The molecule has 2 N–H and O–H groups in total. The number of nitrogens with zero attached hydrogens (tertiary/aromatic N) is 2. The molecule has 138 valence electrons. The van der Waals surface area contributed by atoms with Crippen LogP contribution in [0.4, 0.5) is 13.2 Å². The number of benzene rings is 1. The van der Waals surface area contributed by atoms with E-state index >= 15 is 0 Å². The summed E-state index contributed by atoms with van der Waals surface area (Å²) in [5, 5.41) is 9.45. The summed E-state index contributed by atoms with van der Waals surface area (Å²) >= 11 is 0. The number of carbonyl (C=O) groups excluding carboxylic acids is 2. The highest BCUT2D eigenvalue weighted by Gasteiger charge is 2.32. The Morgan fingerprint density at radius 2 is 2.12 bits per heavy atom. The monoisotopic (exact) mass is 366 g/mol. The molecular weight excluding hydrogens is 349 g/mol. The number of H-pyrrole nitrogens is 1. The molecule has 0 unspecified atom stereocenters. The zero-order chi connectivity index (χ0) is 18.9.